The molecule has 84 heavy (non-hydrogen) atoms. The van der Waals surface area contributed by atoms with Gasteiger partial charge in [0.2, 0.25) is 0 Å². The van der Waals surface area contributed by atoms with E-state index >= 15 is 0 Å². The van der Waals surface area contributed by atoms with Crippen molar-refractivity contribution in [2.24, 2.45) is 0 Å². The van der Waals surface area contributed by atoms with E-state index in [0.717, 1.165) is 91.0 Å². The number of carboxylic acids is 7. The van der Waals surface area contributed by atoms with E-state index in [0.29, 0.717) is 0 Å². The van der Waals surface area contributed by atoms with Crippen LogP contribution in [-0.4, -0.2) is 382 Å². The lowest BCUT2D eigenvalue weighted by atomic mass is 9.96. The summed E-state index contributed by atoms with van der Waals surface area (Å²) in [7, 11) is 43.1. The fourth-order valence-corrected chi connectivity index (χ4v) is 3.19. The molecule has 0 amide bonds. The summed E-state index contributed by atoms with van der Waals surface area (Å²) in [4.78, 5) is 66.9. The van der Waals surface area contributed by atoms with Crippen LogP contribution < -0.4 is 35.7 Å². The first-order valence-corrected chi connectivity index (χ1v) is 26.3. The number of hydrogen-bond donors (Lipinski definition) is 10. The summed E-state index contributed by atoms with van der Waals surface area (Å²) < 4.78 is 5.91. The lowest BCUT2D eigenvalue weighted by molar-refractivity contribution is -0.870. The second kappa shape index (κ2) is 60.3. The van der Waals surface area contributed by atoms with Gasteiger partial charge in [-0.3, -0.25) is 0 Å². The Hall–Kier alpha value is -4.39. The smallest absolute Gasteiger partial charge is 0.114 e. The van der Waals surface area contributed by atoms with Gasteiger partial charge in [0.25, 0.3) is 0 Å². The van der Waals surface area contributed by atoms with Crippen molar-refractivity contribution in [1.29, 1.82) is 0 Å². The third kappa shape index (κ3) is 185. The first-order valence-electron chi connectivity index (χ1n) is 26.3. The van der Waals surface area contributed by atoms with Gasteiger partial charge in [-0.05, 0) is 27.2 Å². The molecule has 0 aromatic carbocycles. The van der Waals surface area contributed by atoms with E-state index in [9.17, 15) is 49.5 Å². The molecule has 31 heteroatoms. The second-order valence-corrected chi connectivity index (χ2v) is 25.2. The maximum Gasteiger partial charge on any atom is 0.114 e. The van der Waals surface area contributed by atoms with Crippen LogP contribution in [0, 0.1) is 0 Å². The molecular weight excluding hydrogens is 1120 g/mol. The predicted molar refractivity (Wildman–Crippen MR) is 303 cm³/mol. The van der Waals surface area contributed by atoms with E-state index in [2.05, 4.69) is 148 Å². The van der Waals surface area contributed by atoms with E-state index in [4.69, 9.17) is 70.9 Å². The Balaban J connectivity index is -0.0000000681. The molecule has 0 aliphatic carbocycles. The van der Waals surface area contributed by atoms with Crippen LogP contribution in [0.4, 0.5) is 0 Å². The van der Waals surface area contributed by atoms with Gasteiger partial charge in [0, 0.05) is 49.1 Å². The van der Waals surface area contributed by atoms with Crippen LogP contribution in [0.5, 0.6) is 0 Å². The number of aliphatic carboxylic acids is 7. The van der Waals surface area contributed by atoms with Gasteiger partial charge >= 0.3 is 0 Å². The summed E-state index contributed by atoms with van der Waals surface area (Å²) in [6, 6.07) is 0. The van der Waals surface area contributed by atoms with Gasteiger partial charge in [-0.1, -0.05) is 6.92 Å². The van der Waals surface area contributed by atoms with Crippen molar-refractivity contribution in [3.63, 3.8) is 0 Å². The molecule has 514 valence electrons. The van der Waals surface area contributed by atoms with Crippen molar-refractivity contribution in [1.82, 2.24) is 0 Å². The second-order valence-electron chi connectivity index (χ2n) is 25.2. The summed E-state index contributed by atoms with van der Waals surface area (Å²) >= 11 is 0. The molecule has 0 aliphatic rings. The highest BCUT2D eigenvalue weighted by Crippen LogP contribution is 2.13. The Kier molecular flexibility index (Phi) is 77.3. The minimum atomic E-state index is -2.97. The summed E-state index contributed by atoms with van der Waals surface area (Å²) in [6.45, 7) is 12.7. The minimum absolute atomic E-state index is 0.211. The fourth-order valence-electron chi connectivity index (χ4n) is 3.19. The Bertz CT molecular complexity index is 1370. The minimum Gasteiger partial charge on any atom is -0.550 e. The van der Waals surface area contributed by atoms with Crippen LogP contribution in [0.2, 0.25) is 0 Å². The molecule has 10 N–H and O–H groups in total. The van der Waals surface area contributed by atoms with Crippen molar-refractivity contribution in [2.75, 3.05) is 240 Å². The lowest BCUT2D eigenvalue weighted by Crippen LogP contribution is -2.54. The first kappa shape index (κ1) is 108. The average Bonchev–Trinajstić information content (AvgIpc) is 3.18. The number of carbonyl (C=O) groups is 7. The highest BCUT2D eigenvalue weighted by molar-refractivity contribution is 5.86. The highest BCUT2D eigenvalue weighted by Gasteiger charge is 2.29. The fraction of sp³-hybridized carbons (Fsp3) is 0.868. The number of likely N-dealkylation sites (N-methyl/N-ethyl adjacent to an activating group) is 7. The highest BCUT2D eigenvalue weighted by atomic mass is 16.4. The summed E-state index contributed by atoms with van der Waals surface area (Å²) in [5.41, 5.74) is -2.97. The number of aliphatic hydroxyl groups excluding tert-OH is 9. The molecule has 0 rings (SSSR count). The quantitative estimate of drug-likeness (QED) is 0.0425. The van der Waals surface area contributed by atoms with Crippen molar-refractivity contribution in [3.8, 4) is 0 Å². The van der Waals surface area contributed by atoms with Crippen LogP contribution >= 0.6 is 0 Å². The molecule has 0 bridgehead atoms. The number of quaternary nitrogens is 7. The van der Waals surface area contributed by atoms with Crippen LogP contribution in [0.15, 0.2) is 0 Å². The van der Waals surface area contributed by atoms with Crippen molar-refractivity contribution in [2.45, 2.75) is 71.2 Å². The Morgan fingerprint density at radius 1 is 0.369 bits per heavy atom. The number of carbonyl (C=O) groups excluding carboxylic acids is 7. The SMILES string of the molecule is CC(=O)[O-].CC(=O)[O-].CC(O)CC(=O)[O-].CCC(O)C(=O)[O-].C[N+](C)(C)CCO.C[N+](C)(C)CCO.C[N+](C)(C)CCO.C[N+](C)(C)CCO.C[N+](C)(C)CCO.C[N+](C)(C)CCO.C[N+](C)(C)CCO.O=C([O-])CC(O)(CC(=O)[O-])C(=O)[O-]. The molecule has 2 atom stereocenters. The molecule has 0 aliphatic heterocycles. The molecule has 0 heterocycles. The maximum atomic E-state index is 10.1. The van der Waals surface area contributed by atoms with Crippen molar-refractivity contribution < 1.29 is 152 Å². The first-order chi connectivity index (χ1) is 37.0. The van der Waals surface area contributed by atoms with E-state index in [1.165, 1.54) is 6.92 Å². The lowest BCUT2D eigenvalue weighted by Gasteiger charge is -2.29. The van der Waals surface area contributed by atoms with Gasteiger partial charge in [0.15, 0.2) is 0 Å². The zero-order chi connectivity index (χ0) is 70.9. The van der Waals surface area contributed by atoms with E-state index in [-0.39, 0.29) is 59.1 Å². The molecule has 0 saturated heterocycles. The predicted octanol–water partition coefficient (Wildman–Crippen LogP) is -12.9. The molecule has 0 spiro atoms. The van der Waals surface area contributed by atoms with Gasteiger partial charge in [-0.2, -0.15) is 0 Å². The molecular formula is C53H123N7O24. The zero-order valence-electron chi connectivity index (χ0n) is 56.2. The van der Waals surface area contributed by atoms with E-state index in [1.807, 2.05) is 0 Å². The van der Waals surface area contributed by atoms with Gasteiger partial charge in [-0.25, -0.2) is 0 Å². The Labute approximate surface area is 503 Å². The topological polar surface area (TPSA) is 483 Å². The monoisotopic (exact) mass is 1240 g/mol. The normalized spacial score (nSPS) is 11.5. The third-order valence-corrected chi connectivity index (χ3v) is 7.77. The van der Waals surface area contributed by atoms with Gasteiger partial charge in [0.1, 0.15) is 51.4 Å². The van der Waals surface area contributed by atoms with Gasteiger partial charge < -0.3 is 152 Å². The number of carboxylic acid groups (broad SMARTS) is 7. The summed E-state index contributed by atoms with van der Waals surface area (Å²) in [6.07, 6.45) is -4.86. The average molecular weight is 1240 g/mol. The van der Waals surface area contributed by atoms with E-state index in [1.54, 1.807) is 6.92 Å². The molecule has 0 saturated carbocycles. The van der Waals surface area contributed by atoms with Crippen molar-refractivity contribution in [3.05, 3.63) is 0 Å². The van der Waals surface area contributed by atoms with Crippen LogP contribution in [0.3, 0.4) is 0 Å². The number of rotatable bonds is 23. The molecule has 0 aromatic heterocycles. The number of nitrogens with zero attached hydrogens (tertiary/aromatic N) is 7. The zero-order valence-corrected chi connectivity index (χ0v) is 56.2. The third-order valence-electron chi connectivity index (χ3n) is 7.77. The van der Waals surface area contributed by atoms with Crippen molar-refractivity contribution >= 4 is 41.8 Å². The molecule has 0 aromatic rings. The van der Waals surface area contributed by atoms with Gasteiger partial charge in [0.05, 0.1) is 218 Å². The molecule has 0 radical (unpaired) electrons. The van der Waals surface area contributed by atoms with Gasteiger partial charge in [-0.15, -0.1) is 0 Å². The standard InChI is InChI=1S/C6H8O7.7C5H14NO.2C4H8O3.2C2H4O2/c7-3(8)1-6(13,5(11)12)2-4(9)10;7*1-6(2,3)4-5-7;1-3(5)2-4(6)7;1-2-3(5)4(6)7;2*1-2(3)4/h13H,1-2H2,(H,7,8)(H,9,10)(H,11,12);7*7H,4-5H2,1-3H3;2*3,5H,2H2,1H3,(H,6,7);2*1H3,(H,3,4)/q;7*+1;;;;/p-7. The van der Waals surface area contributed by atoms with Crippen LogP contribution in [0.25, 0.3) is 0 Å². The Morgan fingerprint density at radius 2 is 0.524 bits per heavy atom. The molecule has 2 unspecified atom stereocenters. The summed E-state index contributed by atoms with van der Waals surface area (Å²) in [5, 5.41) is 151. The van der Waals surface area contributed by atoms with Crippen LogP contribution in [0.1, 0.15) is 53.4 Å². The Morgan fingerprint density at radius 3 is 0.548 bits per heavy atom. The number of aliphatic hydroxyl groups is 10. The maximum absolute atomic E-state index is 10.1. The van der Waals surface area contributed by atoms with Crippen LogP contribution in [-0.2, 0) is 33.6 Å². The van der Waals surface area contributed by atoms with E-state index < -0.39 is 72.4 Å². The number of hydrogen-bond acceptors (Lipinski definition) is 24. The summed E-state index contributed by atoms with van der Waals surface area (Å²) in [5.74, 6) is -10.8. The largest absolute Gasteiger partial charge is 0.550 e. The molecule has 0 fully saturated rings. The molecule has 31 nitrogen and oxygen atoms in total.